The number of benzene rings is 2. The van der Waals surface area contributed by atoms with Gasteiger partial charge < -0.3 is 9.80 Å². The van der Waals surface area contributed by atoms with Crippen molar-refractivity contribution >= 4 is 29.1 Å². The summed E-state index contributed by atoms with van der Waals surface area (Å²) < 4.78 is 0. The van der Waals surface area contributed by atoms with Crippen molar-refractivity contribution in [3.8, 4) is 0 Å². The lowest BCUT2D eigenvalue weighted by molar-refractivity contribution is -0.130. The summed E-state index contributed by atoms with van der Waals surface area (Å²) in [5.41, 5.74) is 1.75. The second kappa shape index (κ2) is 9.23. The van der Waals surface area contributed by atoms with Crippen molar-refractivity contribution in [2.45, 2.75) is 26.8 Å². The van der Waals surface area contributed by atoms with Gasteiger partial charge in [-0.25, -0.2) is 0 Å². The minimum atomic E-state index is -0.0736. The lowest BCUT2D eigenvalue weighted by Crippen LogP contribution is -2.36. The van der Waals surface area contributed by atoms with Gasteiger partial charge in [0.05, 0.1) is 0 Å². The van der Waals surface area contributed by atoms with Gasteiger partial charge in [-0.3, -0.25) is 9.59 Å². The molecule has 0 bridgehead atoms. The summed E-state index contributed by atoms with van der Waals surface area (Å²) >= 11 is 6.18. The Hall–Kier alpha value is -2.33. The van der Waals surface area contributed by atoms with Crippen LogP contribution in [0.4, 0.5) is 5.69 Å². The van der Waals surface area contributed by atoms with Crippen LogP contribution in [0.2, 0.25) is 5.02 Å². The van der Waals surface area contributed by atoms with E-state index >= 15 is 0 Å². The molecule has 0 aliphatic rings. The maximum Gasteiger partial charge on any atom is 0.228 e. The van der Waals surface area contributed by atoms with Crippen LogP contribution in [0.25, 0.3) is 0 Å². The Balaban J connectivity index is 2.02. The van der Waals surface area contributed by atoms with Crippen LogP contribution in [0, 0.1) is 0 Å². The third-order valence-electron chi connectivity index (χ3n) is 4.05. The predicted molar refractivity (Wildman–Crippen MR) is 102 cm³/mol. The first-order chi connectivity index (χ1) is 12.0. The lowest BCUT2D eigenvalue weighted by atomic mass is 10.2. The molecule has 0 spiro atoms. The molecule has 4 nitrogen and oxygen atoms in total. The van der Waals surface area contributed by atoms with Gasteiger partial charge in [-0.1, -0.05) is 48.0 Å². The van der Waals surface area contributed by atoms with Crippen molar-refractivity contribution < 1.29 is 9.59 Å². The summed E-state index contributed by atoms with van der Waals surface area (Å²) in [5, 5.41) is 0.625. The quantitative estimate of drug-likeness (QED) is 0.746. The van der Waals surface area contributed by atoms with Gasteiger partial charge in [0.15, 0.2) is 0 Å². The summed E-state index contributed by atoms with van der Waals surface area (Å²) in [6, 6.07) is 17.0. The average molecular weight is 359 g/mol. The normalized spacial score (nSPS) is 10.4. The fourth-order valence-electron chi connectivity index (χ4n) is 2.66. The zero-order valence-electron chi connectivity index (χ0n) is 14.6. The van der Waals surface area contributed by atoms with Crippen LogP contribution in [-0.4, -0.2) is 29.8 Å². The number of hydrogen-bond acceptors (Lipinski definition) is 2. The van der Waals surface area contributed by atoms with Crippen molar-refractivity contribution in [1.29, 1.82) is 0 Å². The number of hydrogen-bond donors (Lipinski definition) is 0. The van der Waals surface area contributed by atoms with Crippen LogP contribution in [0.3, 0.4) is 0 Å². The summed E-state index contributed by atoms with van der Waals surface area (Å²) in [7, 11) is 0. The number of nitrogens with zero attached hydrogens (tertiary/aromatic N) is 2. The molecule has 2 aromatic carbocycles. The van der Waals surface area contributed by atoms with Gasteiger partial charge in [0.1, 0.15) is 0 Å². The molecule has 25 heavy (non-hydrogen) atoms. The minimum Gasteiger partial charge on any atom is -0.338 e. The Bertz CT molecular complexity index is 719. The summed E-state index contributed by atoms with van der Waals surface area (Å²) in [5.74, 6) is -0.0745. The molecular formula is C20H23ClN2O2. The van der Waals surface area contributed by atoms with Crippen LogP contribution in [0.1, 0.15) is 25.8 Å². The van der Waals surface area contributed by atoms with E-state index < -0.39 is 0 Å². The third kappa shape index (κ3) is 5.33. The zero-order valence-corrected chi connectivity index (χ0v) is 15.4. The van der Waals surface area contributed by atoms with Crippen LogP contribution in [0.5, 0.6) is 0 Å². The molecule has 0 fully saturated rings. The maximum absolute atomic E-state index is 12.6. The molecule has 5 heteroatoms. The molecule has 0 radical (unpaired) electrons. The van der Waals surface area contributed by atoms with Gasteiger partial charge >= 0.3 is 0 Å². The lowest BCUT2D eigenvalue weighted by Gasteiger charge is -2.25. The second-order valence-corrected chi connectivity index (χ2v) is 6.16. The van der Waals surface area contributed by atoms with Gasteiger partial charge in [0.2, 0.25) is 11.8 Å². The largest absolute Gasteiger partial charge is 0.338 e. The number of amides is 2. The van der Waals surface area contributed by atoms with Gasteiger partial charge in [-0.05, 0) is 30.7 Å². The first-order valence-electron chi connectivity index (χ1n) is 8.37. The molecule has 0 atom stereocenters. The van der Waals surface area contributed by atoms with Crippen molar-refractivity contribution in [3.63, 3.8) is 0 Å². The molecule has 2 rings (SSSR count). The van der Waals surface area contributed by atoms with E-state index in [1.165, 1.54) is 6.92 Å². The molecule has 0 unspecified atom stereocenters. The van der Waals surface area contributed by atoms with E-state index in [0.717, 1.165) is 11.3 Å². The van der Waals surface area contributed by atoms with E-state index in [0.29, 0.717) is 24.7 Å². The van der Waals surface area contributed by atoms with Gasteiger partial charge in [-0.15, -0.1) is 0 Å². The first kappa shape index (κ1) is 19.0. The fraction of sp³-hybridized carbons (Fsp3) is 0.300. The van der Waals surface area contributed by atoms with E-state index in [4.69, 9.17) is 11.6 Å². The first-order valence-corrected chi connectivity index (χ1v) is 8.75. The molecule has 0 heterocycles. The number of halogens is 1. The number of carbonyl (C=O) groups excluding carboxylic acids is 2. The van der Waals surface area contributed by atoms with Crippen molar-refractivity contribution in [3.05, 3.63) is 65.2 Å². The SMILES string of the molecule is CCN(C(=O)CCN(Cc1ccccc1Cl)C(C)=O)c1ccccc1. The van der Waals surface area contributed by atoms with Crippen LogP contribution >= 0.6 is 11.6 Å². The Morgan fingerprint density at radius 1 is 1.00 bits per heavy atom. The number of para-hydroxylation sites is 1. The van der Waals surface area contributed by atoms with E-state index in [1.54, 1.807) is 15.9 Å². The highest BCUT2D eigenvalue weighted by Crippen LogP contribution is 2.18. The molecule has 0 saturated heterocycles. The highest BCUT2D eigenvalue weighted by molar-refractivity contribution is 6.31. The van der Waals surface area contributed by atoms with Gasteiger partial charge in [-0.2, -0.15) is 0 Å². The molecule has 0 aromatic heterocycles. The standard InChI is InChI=1S/C20H23ClN2O2/c1-3-23(18-10-5-4-6-11-18)20(25)13-14-22(16(2)24)15-17-9-7-8-12-19(17)21/h4-12H,3,13-15H2,1-2H3. The Kier molecular flexibility index (Phi) is 7.02. The molecule has 0 saturated carbocycles. The van der Waals surface area contributed by atoms with E-state index in [9.17, 15) is 9.59 Å². The fourth-order valence-corrected chi connectivity index (χ4v) is 2.85. The Morgan fingerprint density at radius 3 is 2.24 bits per heavy atom. The smallest absolute Gasteiger partial charge is 0.228 e. The summed E-state index contributed by atoms with van der Waals surface area (Å²) in [6.45, 7) is 4.81. The van der Waals surface area contributed by atoms with E-state index in [1.807, 2.05) is 55.5 Å². The van der Waals surface area contributed by atoms with Gasteiger partial charge in [0, 0.05) is 43.7 Å². The van der Waals surface area contributed by atoms with Crippen molar-refractivity contribution in [2.75, 3.05) is 18.0 Å². The number of rotatable bonds is 7. The molecule has 0 N–H and O–H groups in total. The Labute approximate surface area is 154 Å². The topological polar surface area (TPSA) is 40.6 Å². The van der Waals surface area contributed by atoms with Crippen molar-refractivity contribution in [2.24, 2.45) is 0 Å². The zero-order chi connectivity index (χ0) is 18.2. The monoisotopic (exact) mass is 358 g/mol. The third-order valence-corrected chi connectivity index (χ3v) is 4.41. The second-order valence-electron chi connectivity index (χ2n) is 5.76. The number of carbonyl (C=O) groups is 2. The van der Waals surface area contributed by atoms with E-state index in [-0.39, 0.29) is 18.2 Å². The van der Waals surface area contributed by atoms with Gasteiger partial charge in [0.25, 0.3) is 0 Å². The average Bonchev–Trinajstić information content (AvgIpc) is 2.61. The summed E-state index contributed by atoms with van der Waals surface area (Å²) in [4.78, 5) is 27.9. The van der Waals surface area contributed by atoms with E-state index in [2.05, 4.69) is 0 Å². The summed E-state index contributed by atoms with van der Waals surface area (Å²) in [6.07, 6.45) is 0.271. The maximum atomic E-state index is 12.6. The number of anilines is 1. The Morgan fingerprint density at radius 2 is 1.64 bits per heavy atom. The van der Waals surface area contributed by atoms with Crippen molar-refractivity contribution in [1.82, 2.24) is 4.90 Å². The molecule has 132 valence electrons. The minimum absolute atomic E-state index is 0.000825. The molecule has 0 aliphatic heterocycles. The highest BCUT2D eigenvalue weighted by Gasteiger charge is 2.17. The molecule has 0 aliphatic carbocycles. The predicted octanol–water partition coefficient (Wildman–Crippen LogP) is 4.13. The van der Waals surface area contributed by atoms with Crippen LogP contribution in [0.15, 0.2) is 54.6 Å². The molecule has 2 aromatic rings. The molecular weight excluding hydrogens is 336 g/mol. The van der Waals surface area contributed by atoms with Crippen LogP contribution in [-0.2, 0) is 16.1 Å². The highest BCUT2D eigenvalue weighted by atomic mass is 35.5. The van der Waals surface area contributed by atoms with Crippen LogP contribution < -0.4 is 4.90 Å². The molecule has 2 amide bonds.